The lowest BCUT2D eigenvalue weighted by Crippen LogP contribution is -2.19. The average Bonchev–Trinajstić information content (AvgIpc) is 3.06. The van der Waals surface area contributed by atoms with Crippen LogP contribution in [-0.2, 0) is 0 Å². The largest absolute Gasteiger partial charge is 0.325 e. The van der Waals surface area contributed by atoms with Crippen LogP contribution in [0, 0.1) is 12.7 Å². The van der Waals surface area contributed by atoms with Crippen molar-refractivity contribution in [1.82, 2.24) is 9.55 Å². The van der Waals surface area contributed by atoms with E-state index < -0.39 is 0 Å². The second-order valence-corrected chi connectivity index (χ2v) is 6.87. The molecule has 132 valence electrons. The number of nitrogens with one attached hydrogen (secondary N) is 1. The van der Waals surface area contributed by atoms with Crippen LogP contribution in [0.1, 0.15) is 22.7 Å². The highest BCUT2D eigenvalue weighted by Crippen LogP contribution is 2.37. The lowest BCUT2D eigenvalue weighted by molar-refractivity contribution is 0.627. The van der Waals surface area contributed by atoms with Crippen molar-refractivity contribution in [3.63, 3.8) is 0 Å². The third-order valence-corrected chi connectivity index (χ3v) is 4.98. The summed E-state index contributed by atoms with van der Waals surface area (Å²) in [7, 11) is 0. The molecule has 1 N–H and O–H groups in total. The Kier molecular flexibility index (Phi) is 3.57. The van der Waals surface area contributed by atoms with Crippen molar-refractivity contribution in [1.29, 1.82) is 0 Å². The molecule has 0 saturated heterocycles. The molecule has 1 aromatic heterocycles. The zero-order chi connectivity index (χ0) is 18.4. The van der Waals surface area contributed by atoms with Crippen molar-refractivity contribution >= 4 is 22.7 Å². The summed E-state index contributed by atoms with van der Waals surface area (Å²) in [5.41, 5.74) is 6.32. The number of fused-ring (bicyclic) bond motifs is 3. The number of anilines is 1. The molecule has 3 nitrogen and oxygen atoms in total. The normalized spacial score (nSPS) is 15.9. The molecule has 27 heavy (non-hydrogen) atoms. The second-order valence-electron chi connectivity index (χ2n) is 6.87. The Bertz CT molecular complexity index is 1170. The van der Waals surface area contributed by atoms with E-state index in [4.69, 9.17) is 4.98 Å². The molecule has 1 aliphatic rings. The molecular weight excluding hydrogens is 337 g/mol. The minimum absolute atomic E-state index is 0.00797. The number of rotatable bonds is 2. The van der Waals surface area contributed by atoms with Gasteiger partial charge in [-0.05, 0) is 60.5 Å². The molecule has 2 heterocycles. The first kappa shape index (κ1) is 15.8. The van der Waals surface area contributed by atoms with Gasteiger partial charge in [-0.25, -0.2) is 9.37 Å². The van der Waals surface area contributed by atoms with Gasteiger partial charge in [-0.2, -0.15) is 0 Å². The quantitative estimate of drug-likeness (QED) is 0.512. The fourth-order valence-corrected chi connectivity index (χ4v) is 3.71. The van der Waals surface area contributed by atoms with Crippen molar-refractivity contribution < 1.29 is 4.39 Å². The Morgan fingerprint density at radius 3 is 2.59 bits per heavy atom. The van der Waals surface area contributed by atoms with Crippen LogP contribution in [0.25, 0.3) is 16.7 Å². The van der Waals surface area contributed by atoms with Gasteiger partial charge in [-0.15, -0.1) is 0 Å². The number of para-hydroxylation sites is 2. The molecule has 0 aliphatic carbocycles. The third-order valence-electron chi connectivity index (χ3n) is 4.98. The molecule has 0 spiro atoms. The highest BCUT2D eigenvalue weighted by molar-refractivity contribution is 5.85. The SMILES string of the molecule is Cc1cccc(C2C=C(c3ccc(F)cc3)Nc3nc4ccccc4n32)c1. The highest BCUT2D eigenvalue weighted by Gasteiger charge is 2.25. The minimum Gasteiger partial charge on any atom is -0.325 e. The standard InChI is InChI=1S/C23H18FN3/c1-15-5-4-6-17(13-15)22-14-20(16-9-11-18(24)12-10-16)26-23-25-19-7-2-3-8-21(19)27(22)23/h2-14,22H,1H3,(H,25,26). The smallest absolute Gasteiger partial charge is 0.209 e. The number of allylic oxidation sites excluding steroid dienone is 1. The van der Waals surface area contributed by atoms with E-state index in [0.29, 0.717) is 0 Å². The van der Waals surface area contributed by atoms with Crippen molar-refractivity contribution in [2.24, 2.45) is 0 Å². The lowest BCUT2D eigenvalue weighted by atomic mass is 9.99. The third kappa shape index (κ3) is 2.70. The maximum atomic E-state index is 13.4. The van der Waals surface area contributed by atoms with Gasteiger partial charge in [0, 0.05) is 5.70 Å². The summed E-state index contributed by atoms with van der Waals surface area (Å²) in [6.07, 6.45) is 2.18. The molecular formula is C23H18FN3. The molecule has 1 unspecified atom stereocenters. The molecule has 0 bridgehead atoms. The molecule has 0 saturated carbocycles. The monoisotopic (exact) mass is 355 g/mol. The highest BCUT2D eigenvalue weighted by atomic mass is 19.1. The number of halogens is 1. The molecule has 1 aliphatic heterocycles. The molecule has 4 aromatic rings. The Labute approximate surface area is 156 Å². The Hall–Kier alpha value is -3.40. The average molecular weight is 355 g/mol. The summed E-state index contributed by atoms with van der Waals surface area (Å²) < 4.78 is 15.6. The van der Waals surface area contributed by atoms with Gasteiger partial charge in [-0.3, -0.25) is 4.57 Å². The minimum atomic E-state index is -0.238. The van der Waals surface area contributed by atoms with Crippen LogP contribution < -0.4 is 5.32 Å². The van der Waals surface area contributed by atoms with Gasteiger partial charge in [-0.1, -0.05) is 42.0 Å². The zero-order valence-corrected chi connectivity index (χ0v) is 14.9. The molecule has 1 atom stereocenters. The summed E-state index contributed by atoms with van der Waals surface area (Å²) in [4.78, 5) is 4.78. The van der Waals surface area contributed by atoms with Crippen LogP contribution in [0.5, 0.6) is 0 Å². The van der Waals surface area contributed by atoms with Crippen molar-refractivity contribution in [3.05, 3.63) is 101 Å². The predicted molar refractivity (Wildman–Crippen MR) is 107 cm³/mol. The van der Waals surface area contributed by atoms with E-state index in [-0.39, 0.29) is 11.9 Å². The van der Waals surface area contributed by atoms with Crippen LogP contribution >= 0.6 is 0 Å². The second kappa shape index (κ2) is 6.09. The molecule has 0 radical (unpaired) electrons. The first-order chi connectivity index (χ1) is 13.2. The fourth-order valence-electron chi connectivity index (χ4n) is 3.71. The van der Waals surface area contributed by atoms with E-state index >= 15 is 0 Å². The summed E-state index contributed by atoms with van der Waals surface area (Å²) in [6, 6.07) is 23.2. The summed E-state index contributed by atoms with van der Waals surface area (Å²) in [5, 5.41) is 3.43. The number of hydrogen-bond acceptors (Lipinski definition) is 2. The van der Waals surface area contributed by atoms with E-state index in [0.717, 1.165) is 28.2 Å². The molecule has 3 aromatic carbocycles. The zero-order valence-electron chi connectivity index (χ0n) is 14.9. The number of aromatic nitrogens is 2. The fraction of sp³-hybridized carbons (Fsp3) is 0.0870. The van der Waals surface area contributed by atoms with Gasteiger partial charge in [0.05, 0.1) is 17.1 Å². The van der Waals surface area contributed by atoms with E-state index in [1.54, 1.807) is 12.1 Å². The van der Waals surface area contributed by atoms with Crippen LogP contribution in [0.4, 0.5) is 10.3 Å². The van der Waals surface area contributed by atoms with Crippen molar-refractivity contribution in [2.75, 3.05) is 5.32 Å². The molecule has 5 rings (SSSR count). The lowest BCUT2D eigenvalue weighted by Gasteiger charge is -2.27. The van der Waals surface area contributed by atoms with E-state index in [1.165, 1.54) is 23.3 Å². The maximum Gasteiger partial charge on any atom is 0.209 e. The van der Waals surface area contributed by atoms with Gasteiger partial charge in [0.25, 0.3) is 0 Å². The first-order valence-electron chi connectivity index (χ1n) is 8.97. The number of benzene rings is 3. The summed E-state index contributed by atoms with van der Waals surface area (Å²) >= 11 is 0. The number of hydrogen-bond donors (Lipinski definition) is 1. The number of aryl methyl sites for hydroxylation is 1. The Morgan fingerprint density at radius 2 is 1.78 bits per heavy atom. The van der Waals surface area contributed by atoms with E-state index in [2.05, 4.69) is 53.2 Å². The van der Waals surface area contributed by atoms with Gasteiger partial charge in [0.15, 0.2) is 0 Å². The van der Waals surface area contributed by atoms with E-state index in [9.17, 15) is 4.39 Å². The number of nitrogens with zero attached hydrogens (tertiary/aromatic N) is 2. The van der Waals surface area contributed by atoms with Gasteiger partial charge in [0.1, 0.15) is 5.82 Å². The van der Waals surface area contributed by atoms with Crippen LogP contribution in [0.15, 0.2) is 78.9 Å². The van der Waals surface area contributed by atoms with Crippen LogP contribution in [-0.4, -0.2) is 9.55 Å². The van der Waals surface area contributed by atoms with Gasteiger partial charge < -0.3 is 5.32 Å². The van der Waals surface area contributed by atoms with E-state index in [1.807, 2.05) is 18.2 Å². The maximum absolute atomic E-state index is 13.4. The Morgan fingerprint density at radius 1 is 0.963 bits per heavy atom. The van der Waals surface area contributed by atoms with Crippen molar-refractivity contribution in [2.45, 2.75) is 13.0 Å². The summed E-state index contributed by atoms with van der Waals surface area (Å²) in [5.74, 6) is 0.558. The summed E-state index contributed by atoms with van der Waals surface area (Å²) in [6.45, 7) is 2.10. The molecule has 4 heteroatoms. The molecule has 0 amide bonds. The Balaban J connectivity index is 1.72. The first-order valence-corrected chi connectivity index (χ1v) is 8.97. The topological polar surface area (TPSA) is 29.9 Å². The van der Waals surface area contributed by atoms with Crippen LogP contribution in [0.2, 0.25) is 0 Å². The van der Waals surface area contributed by atoms with Gasteiger partial charge in [0.2, 0.25) is 5.95 Å². The van der Waals surface area contributed by atoms with Crippen LogP contribution in [0.3, 0.4) is 0 Å². The predicted octanol–water partition coefficient (Wildman–Crippen LogP) is 5.54. The van der Waals surface area contributed by atoms with Crippen molar-refractivity contribution in [3.8, 4) is 0 Å². The van der Waals surface area contributed by atoms with Gasteiger partial charge >= 0.3 is 0 Å². The number of imidazole rings is 1. The molecule has 0 fully saturated rings.